The fourth-order valence-corrected chi connectivity index (χ4v) is 2.39. The Hall–Kier alpha value is -3.08. The molecule has 0 atom stereocenters. The molecule has 3 rings (SSSR count). The van der Waals surface area contributed by atoms with Crippen LogP contribution >= 0.6 is 0 Å². The number of ether oxygens (including phenoxy) is 1. The average molecular weight is 321 g/mol. The highest BCUT2D eigenvalue weighted by Crippen LogP contribution is 2.20. The summed E-state index contributed by atoms with van der Waals surface area (Å²) in [6.07, 6.45) is 3.67. The summed E-state index contributed by atoms with van der Waals surface area (Å²) in [6, 6.07) is 16.6. The van der Waals surface area contributed by atoms with Crippen molar-refractivity contribution in [3.63, 3.8) is 0 Å². The van der Waals surface area contributed by atoms with Gasteiger partial charge in [0.1, 0.15) is 18.2 Å². The molecule has 0 aliphatic rings. The van der Waals surface area contributed by atoms with E-state index in [0.29, 0.717) is 24.5 Å². The number of aryl methyl sites for hydroxylation is 1. The van der Waals surface area contributed by atoms with Gasteiger partial charge in [0.05, 0.1) is 12.1 Å². The molecule has 122 valence electrons. The molecule has 0 aliphatic carbocycles. The van der Waals surface area contributed by atoms with Crippen molar-refractivity contribution in [1.82, 2.24) is 9.55 Å². The Labute approximate surface area is 140 Å². The van der Waals surface area contributed by atoms with Crippen molar-refractivity contribution in [2.24, 2.45) is 0 Å². The van der Waals surface area contributed by atoms with Gasteiger partial charge < -0.3 is 14.6 Å². The van der Waals surface area contributed by atoms with Gasteiger partial charge in [0.2, 0.25) is 0 Å². The summed E-state index contributed by atoms with van der Waals surface area (Å²) in [6.45, 7) is 3.09. The summed E-state index contributed by atoms with van der Waals surface area (Å²) in [4.78, 5) is 16.7. The van der Waals surface area contributed by atoms with E-state index in [2.05, 4.69) is 10.3 Å². The Bertz CT molecular complexity index is 812. The van der Waals surface area contributed by atoms with Crippen LogP contribution in [0.4, 0.5) is 5.69 Å². The summed E-state index contributed by atoms with van der Waals surface area (Å²) in [5.74, 6) is 1.33. The third-order valence-electron chi connectivity index (χ3n) is 3.68. The van der Waals surface area contributed by atoms with Crippen molar-refractivity contribution in [3.8, 4) is 5.75 Å². The first-order valence-electron chi connectivity index (χ1n) is 7.80. The lowest BCUT2D eigenvalue weighted by Crippen LogP contribution is -2.15. The molecule has 0 spiro atoms. The molecule has 0 aliphatic heterocycles. The maximum atomic E-state index is 12.5. The molecule has 1 amide bonds. The van der Waals surface area contributed by atoms with Crippen molar-refractivity contribution in [2.75, 3.05) is 11.9 Å². The van der Waals surface area contributed by atoms with E-state index >= 15 is 0 Å². The molecule has 0 fully saturated rings. The number of benzene rings is 2. The van der Waals surface area contributed by atoms with Crippen LogP contribution in [-0.4, -0.2) is 22.1 Å². The standard InChI is InChI=1S/C19H19N3O2/c1-15-20-11-12-22(15)13-14-24-18-10-6-5-9-17(18)19(23)21-16-7-3-2-4-8-16/h2-12H,13-14H2,1H3,(H,21,23). The lowest BCUT2D eigenvalue weighted by molar-refractivity contribution is 0.102. The van der Waals surface area contributed by atoms with Crippen LogP contribution in [-0.2, 0) is 6.54 Å². The van der Waals surface area contributed by atoms with Crippen LogP contribution in [0, 0.1) is 6.92 Å². The van der Waals surface area contributed by atoms with E-state index in [1.807, 2.05) is 60.2 Å². The molecule has 5 heteroatoms. The summed E-state index contributed by atoms with van der Waals surface area (Å²) in [5, 5.41) is 2.88. The normalized spacial score (nSPS) is 10.4. The number of anilines is 1. The molecule has 3 aromatic rings. The van der Waals surface area contributed by atoms with Gasteiger partial charge in [-0.2, -0.15) is 0 Å². The molecular weight excluding hydrogens is 302 g/mol. The van der Waals surface area contributed by atoms with Gasteiger partial charge in [-0.1, -0.05) is 30.3 Å². The van der Waals surface area contributed by atoms with Crippen molar-refractivity contribution in [3.05, 3.63) is 78.4 Å². The number of carbonyl (C=O) groups is 1. The molecule has 0 bridgehead atoms. The van der Waals surface area contributed by atoms with Gasteiger partial charge in [-0.25, -0.2) is 4.98 Å². The number of hydrogen-bond acceptors (Lipinski definition) is 3. The van der Waals surface area contributed by atoms with E-state index in [9.17, 15) is 4.79 Å². The highest BCUT2D eigenvalue weighted by atomic mass is 16.5. The van der Waals surface area contributed by atoms with Crippen LogP contribution in [0.2, 0.25) is 0 Å². The third-order valence-corrected chi connectivity index (χ3v) is 3.68. The van der Waals surface area contributed by atoms with Gasteiger partial charge in [-0.05, 0) is 31.2 Å². The number of aromatic nitrogens is 2. The largest absolute Gasteiger partial charge is 0.491 e. The average Bonchev–Trinajstić information content (AvgIpc) is 3.01. The fourth-order valence-electron chi connectivity index (χ4n) is 2.39. The number of nitrogens with zero attached hydrogens (tertiary/aromatic N) is 2. The van der Waals surface area contributed by atoms with Crippen LogP contribution in [0.15, 0.2) is 67.0 Å². The van der Waals surface area contributed by atoms with Gasteiger partial charge in [0, 0.05) is 18.1 Å². The van der Waals surface area contributed by atoms with E-state index in [0.717, 1.165) is 11.5 Å². The maximum absolute atomic E-state index is 12.5. The molecule has 0 unspecified atom stereocenters. The first-order chi connectivity index (χ1) is 11.7. The minimum atomic E-state index is -0.185. The Morgan fingerprint density at radius 1 is 1.12 bits per heavy atom. The number of amides is 1. The minimum Gasteiger partial charge on any atom is -0.491 e. The smallest absolute Gasteiger partial charge is 0.259 e. The Balaban J connectivity index is 1.66. The van der Waals surface area contributed by atoms with Crippen molar-refractivity contribution in [2.45, 2.75) is 13.5 Å². The number of para-hydroxylation sites is 2. The molecule has 1 N–H and O–H groups in total. The molecule has 2 aromatic carbocycles. The zero-order valence-corrected chi connectivity index (χ0v) is 13.5. The van der Waals surface area contributed by atoms with Gasteiger partial charge in [-0.15, -0.1) is 0 Å². The van der Waals surface area contributed by atoms with Crippen LogP contribution < -0.4 is 10.1 Å². The molecule has 5 nitrogen and oxygen atoms in total. The quantitative estimate of drug-likeness (QED) is 0.756. The van der Waals surface area contributed by atoms with Crippen molar-refractivity contribution in [1.29, 1.82) is 0 Å². The number of hydrogen-bond donors (Lipinski definition) is 1. The molecule has 0 radical (unpaired) electrons. The van der Waals surface area contributed by atoms with Gasteiger partial charge in [-0.3, -0.25) is 4.79 Å². The van der Waals surface area contributed by atoms with E-state index in [4.69, 9.17) is 4.74 Å². The molecule has 1 aromatic heterocycles. The predicted octanol–water partition coefficient (Wildman–Crippen LogP) is 3.52. The van der Waals surface area contributed by atoms with Crippen molar-refractivity contribution < 1.29 is 9.53 Å². The van der Waals surface area contributed by atoms with Crippen LogP contribution in [0.25, 0.3) is 0 Å². The highest BCUT2D eigenvalue weighted by molar-refractivity contribution is 6.06. The zero-order valence-electron chi connectivity index (χ0n) is 13.5. The van der Waals surface area contributed by atoms with E-state index < -0.39 is 0 Å². The highest BCUT2D eigenvalue weighted by Gasteiger charge is 2.12. The van der Waals surface area contributed by atoms with E-state index in [-0.39, 0.29) is 5.91 Å². The van der Waals surface area contributed by atoms with Crippen LogP contribution in [0.3, 0.4) is 0 Å². The van der Waals surface area contributed by atoms with Crippen LogP contribution in [0.1, 0.15) is 16.2 Å². The summed E-state index contributed by atoms with van der Waals surface area (Å²) in [7, 11) is 0. The minimum absolute atomic E-state index is 0.185. The molecular formula is C19H19N3O2. The number of rotatable bonds is 6. The molecule has 0 saturated heterocycles. The fraction of sp³-hybridized carbons (Fsp3) is 0.158. The molecule has 0 saturated carbocycles. The van der Waals surface area contributed by atoms with Crippen LogP contribution in [0.5, 0.6) is 5.75 Å². The van der Waals surface area contributed by atoms with Gasteiger partial charge in [0.25, 0.3) is 5.91 Å². The van der Waals surface area contributed by atoms with E-state index in [1.54, 1.807) is 18.3 Å². The first kappa shape index (κ1) is 15.8. The summed E-state index contributed by atoms with van der Waals surface area (Å²) < 4.78 is 7.82. The van der Waals surface area contributed by atoms with Crippen molar-refractivity contribution >= 4 is 11.6 Å². The SMILES string of the molecule is Cc1nccn1CCOc1ccccc1C(=O)Nc1ccccc1. The number of carbonyl (C=O) groups excluding carboxylic acids is 1. The second-order valence-corrected chi connectivity index (χ2v) is 5.33. The second-order valence-electron chi connectivity index (χ2n) is 5.33. The Morgan fingerprint density at radius 2 is 1.88 bits per heavy atom. The van der Waals surface area contributed by atoms with Gasteiger partial charge in [0.15, 0.2) is 0 Å². The number of nitrogens with one attached hydrogen (secondary N) is 1. The summed E-state index contributed by atoms with van der Waals surface area (Å²) in [5.41, 5.74) is 1.27. The Kier molecular flexibility index (Phi) is 4.91. The maximum Gasteiger partial charge on any atom is 0.259 e. The third kappa shape index (κ3) is 3.81. The molecule has 1 heterocycles. The Morgan fingerprint density at radius 3 is 2.62 bits per heavy atom. The monoisotopic (exact) mass is 321 g/mol. The molecule has 24 heavy (non-hydrogen) atoms. The van der Waals surface area contributed by atoms with E-state index in [1.165, 1.54) is 0 Å². The topological polar surface area (TPSA) is 56.2 Å². The summed E-state index contributed by atoms with van der Waals surface area (Å²) >= 11 is 0. The second kappa shape index (κ2) is 7.46. The van der Waals surface area contributed by atoms with Gasteiger partial charge >= 0.3 is 0 Å². The predicted molar refractivity (Wildman–Crippen MR) is 93.3 cm³/mol. The first-order valence-corrected chi connectivity index (χ1v) is 7.80. The zero-order chi connectivity index (χ0) is 16.8. The lowest BCUT2D eigenvalue weighted by Gasteiger charge is -2.12. The number of imidazole rings is 1. The lowest BCUT2D eigenvalue weighted by atomic mass is 10.2.